The number of nitrogen functional groups attached to an aromatic ring is 1. The molecule has 0 atom stereocenters. The van der Waals surface area contributed by atoms with Crippen molar-refractivity contribution in [3.05, 3.63) is 30.0 Å². The molecule has 0 bridgehead atoms. The maximum Gasteiger partial charge on any atom is 0.212 e. The lowest BCUT2D eigenvalue weighted by Gasteiger charge is -1.93. The van der Waals surface area contributed by atoms with Gasteiger partial charge in [-0.2, -0.15) is 4.39 Å². The van der Waals surface area contributed by atoms with Crippen LogP contribution in [0, 0.1) is 12.9 Å². The van der Waals surface area contributed by atoms with E-state index in [-0.39, 0.29) is 0 Å². The average molecular weight is 209 g/mol. The predicted molar refractivity (Wildman–Crippen MR) is 54.5 cm³/mol. The highest BCUT2D eigenvalue weighted by atomic mass is 32.1. The van der Waals surface area contributed by atoms with Gasteiger partial charge in [-0.05, 0) is 19.1 Å². The molecule has 0 aromatic carbocycles. The van der Waals surface area contributed by atoms with Gasteiger partial charge in [-0.3, -0.25) is 0 Å². The summed E-state index contributed by atoms with van der Waals surface area (Å²) in [6.07, 6.45) is 1.45. The fraction of sp³-hybridized carbons (Fsp3) is 0.111. The predicted octanol–water partition coefficient (Wildman–Crippen LogP) is 2.23. The Bertz CT molecular complexity index is 430. The molecule has 0 amide bonds. The number of nitrogens with two attached hydrogens (primary N) is 1. The number of halogens is 1. The van der Waals surface area contributed by atoms with E-state index in [9.17, 15) is 4.39 Å². The molecule has 2 heterocycles. The number of aryl methyl sites for hydroxylation is 1. The van der Waals surface area contributed by atoms with Crippen molar-refractivity contribution < 1.29 is 4.39 Å². The number of pyridine rings is 1. The van der Waals surface area contributed by atoms with Crippen molar-refractivity contribution in [2.75, 3.05) is 5.73 Å². The number of nitrogens with zero attached hydrogens (tertiary/aromatic N) is 2. The second kappa shape index (κ2) is 3.34. The summed E-state index contributed by atoms with van der Waals surface area (Å²) in [7, 11) is 0. The molecular formula is C9H8FN3S. The Morgan fingerprint density at radius 2 is 2.21 bits per heavy atom. The van der Waals surface area contributed by atoms with E-state index in [2.05, 4.69) is 9.97 Å². The molecule has 3 nitrogen and oxygen atoms in total. The molecule has 0 spiro atoms. The van der Waals surface area contributed by atoms with Gasteiger partial charge in [0.1, 0.15) is 10.0 Å². The fourth-order valence-corrected chi connectivity index (χ4v) is 1.86. The van der Waals surface area contributed by atoms with Crippen LogP contribution in [0.3, 0.4) is 0 Å². The highest BCUT2D eigenvalue weighted by molar-refractivity contribution is 7.18. The van der Waals surface area contributed by atoms with Crippen molar-refractivity contribution in [3.63, 3.8) is 0 Å². The number of hydrogen-bond donors (Lipinski definition) is 1. The Hall–Kier alpha value is -1.49. The Labute approximate surface area is 84.4 Å². The summed E-state index contributed by atoms with van der Waals surface area (Å²) >= 11 is 1.38. The quantitative estimate of drug-likeness (QED) is 0.733. The second-order valence-electron chi connectivity index (χ2n) is 2.84. The average Bonchev–Trinajstić information content (AvgIpc) is 2.48. The van der Waals surface area contributed by atoms with Crippen LogP contribution in [-0.4, -0.2) is 9.97 Å². The van der Waals surface area contributed by atoms with Crippen LogP contribution in [0.25, 0.3) is 10.6 Å². The van der Waals surface area contributed by atoms with Crippen LogP contribution in [0.1, 0.15) is 5.69 Å². The first-order chi connectivity index (χ1) is 6.66. The lowest BCUT2D eigenvalue weighted by atomic mass is 10.3. The van der Waals surface area contributed by atoms with Crippen LogP contribution >= 0.6 is 11.3 Å². The van der Waals surface area contributed by atoms with Gasteiger partial charge in [-0.1, -0.05) is 11.3 Å². The molecule has 0 aliphatic rings. The van der Waals surface area contributed by atoms with Gasteiger partial charge >= 0.3 is 0 Å². The highest BCUT2D eigenvalue weighted by Gasteiger charge is 2.06. The van der Waals surface area contributed by atoms with Crippen LogP contribution in [0.15, 0.2) is 18.3 Å². The summed E-state index contributed by atoms with van der Waals surface area (Å²) in [6.45, 7) is 1.84. The molecule has 0 aliphatic heterocycles. The van der Waals surface area contributed by atoms with Crippen LogP contribution in [0.2, 0.25) is 0 Å². The molecule has 2 aromatic rings. The molecule has 2 rings (SSSR count). The summed E-state index contributed by atoms with van der Waals surface area (Å²) in [5.74, 6) is -0.491. The summed E-state index contributed by atoms with van der Waals surface area (Å²) in [4.78, 5) is 7.79. The fourth-order valence-electron chi connectivity index (χ4n) is 1.03. The summed E-state index contributed by atoms with van der Waals surface area (Å²) < 4.78 is 12.5. The van der Waals surface area contributed by atoms with Gasteiger partial charge in [0, 0.05) is 11.8 Å². The SMILES string of the molecule is Cc1nc(-c2ccc(F)nc2)sc1N. The molecule has 72 valence electrons. The third-order valence-electron chi connectivity index (χ3n) is 1.81. The summed E-state index contributed by atoms with van der Waals surface area (Å²) in [5.41, 5.74) is 7.26. The maximum absolute atomic E-state index is 12.5. The lowest BCUT2D eigenvalue weighted by Crippen LogP contribution is -1.83. The van der Waals surface area contributed by atoms with Gasteiger partial charge in [0.25, 0.3) is 0 Å². The number of hydrogen-bond acceptors (Lipinski definition) is 4. The molecule has 0 aliphatic carbocycles. The number of thiazole rings is 1. The number of rotatable bonds is 1. The monoisotopic (exact) mass is 209 g/mol. The van der Waals surface area contributed by atoms with Gasteiger partial charge in [-0.25, -0.2) is 9.97 Å². The first kappa shape index (κ1) is 9.08. The standard InChI is InChI=1S/C9H8FN3S/c1-5-8(11)14-9(13-5)6-2-3-7(10)12-4-6/h2-4H,11H2,1H3. The maximum atomic E-state index is 12.5. The molecule has 2 aromatic heterocycles. The zero-order chi connectivity index (χ0) is 10.1. The smallest absolute Gasteiger partial charge is 0.212 e. The van der Waals surface area contributed by atoms with Crippen LogP contribution < -0.4 is 5.73 Å². The second-order valence-corrected chi connectivity index (χ2v) is 3.87. The molecule has 0 saturated heterocycles. The van der Waals surface area contributed by atoms with E-state index in [1.165, 1.54) is 23.6 Å². The normalized spacial score (nSPS) is 10.4. The Balaban J connectivity index is 2.44. The van der Waals surface area contributed by atoms with Crippen LogP contribution in [-0.2, 0) is 0 Å². The van der Waals surface area contributed by atoms with Crippen molar-refractivity contribution >= 4 is 16.3 Å². The van der Waals surface area contributed by atoms with E-state index in [4.69, 9.17) is 5.73 Å². The molecular weight excluding hydrogens is 201 g/mol. The number of anilines is 1. The van der Waals surface area contributed by atoms with E-state index in [0.717, 1.165) is 16.3 Å². The van der Waals surface area contributed by atoms with Gasteiger partial charge in [0.05, 0.1) is 5.69 Å². The van der Waals surface area contributed by atoms with Gasteiger partial charge in [0.2, 0.25) is 5.95 Å². The Morgan fingerprint density at radius 1 is 1.43 bits per heavy atom. The highest BCUT2D eigenvalue weighted by Crippen LogP contribution is 2.28. The first-order valence-corrected chi connectivity index (χ1v) is 4.83. The van der Waals surface area contributed by atoms with Gasteiger partial charge < -0.3 is 5.73 Å². The zero-order valence-corrected chi connectivity index (χ0v) is 8.31. The molecule has 14 heavy (non-hydrogen) atoms. The van der Waals surface area contributed by atoms with E-state index in [0.29, 0.717) is 5.00 Å². The molecule has 2 N–H and O–H groups in total. The number of aromatic nitrogens is 2. The molecule has 5 heteroatoms. The van der Waals surface area contributed by atoms with Crippen molar-refractivity contribution in [1.29, 1.82) is 0 Å². The van der Waals surface area contributed by atoms with Crippen molar-refractivity contribution in [2.45, 2.75) is 6.92 Å². The van der Waals surface area contributed by atoms with Crippen LogP contribution in [0.5, 0.6) is 0 Å². The van der Waals surface area contributed by atoms with E-state index in [1.54, 1.807) is 6.07 Å². The van der Waals surface area contributed by atoms with Crippen molar-refractivity contribution in [2.24, 2.45) is 0 Å². The zero-order valence-electron chi connectivity index (χ0n) is 7.49. The van der Waals surface area contributed by atoms with Gasteiger partial charge in [-0.15, -0.1) is 0 Å². The third kappa shape index (κ3) is 1.58. The minimum absolute atomic E-state index is 0.491. The third-order valence-corrected chi connectivity index (χ3v) is 2.84. The van der Waals surface area contributed by atoms with E-state index in [1.807, 2.05) is 6.92 Å². The lowest BCUT2D eigenvalue weighted by molar-refractivity contribution is 0.584. The molecule has 0 fully saturated rings. The minimum Gasteiger partial charge on any atom is -0.389 e. The summed E-state index contributed by atoms with van der Waals surface area (Å²) in [5, 5.41) is 1.46. The summed E-state index contributed by atoms with van der Waals surface area (Å²) in [6, 6.07) is 2.95. The van der Waals surface area contributed by atoms with Crippen molar-refractivity contribution in [1.82, 2.24) is 9.97 Å². The minimum atomic E-state index is -0.491. The molecule has 0 radical (unpaired) electrons. The first-order valence-electron chi connectivity index (χ1n) is 4.01. The van der Waals surface area contributed by atoms with Crippen LogP contribution in [0.4, 0.5) is 9.39 Å². The Kier molecular flexibility index (Phi) is 2.17. The Morgan fingerprint density at radius 3 is 2.71 bits per heavy atom. The van der Waals surface area contributed by atoms with Crippen molar-refractivity contribution in [3.8, 4) is 10.6 Å². The molecule has 0 unspecified atom stereocenters. The van der Waals surface area contributed by atoms with E-state index < -0.39 is 5.95 Å². The topological polar surface area (TPSA) is 51.8 Å². The van der Waals surface area contributed by atoms with Gasteiger partial charge in [0.15, 0.2) is 0 Å². The van der Waals surface area contributed by atoms with E-state index >= 15 is 0 Å². The molecule has 0 saturated carbocycles. The largest absolute Gasteiger partial charge is 0.389 e.